The van der Waals surface area contributed by atoms with Crippen molar-refractivity contribution in [3.8, 4) is 0 Å². The predicted octanol–water partition coefficient (Wildman–Crippen LogP) is 0.100. The molecular weight excluding hydrogens is 218 g/mol. The summed E-state index contributed by atoms with van der Waals surface area (Å²) in [5, 5.41) is 2.84. The highest BCUT2D eigenvalue weighted by molar-refractivity contribution is 5.84. The quantitative estimate of drug-likeness (QED) is 0.717. The Labute approximate surface area is 103 Å². The minimum Gasteiger partial charge on any atom is -0.355 e. The summed E-state index contributed by atoms with van der Waals surface area (Å²) >= 11 is 0. The molecule has 1 aliphatic rings. The van der Waals surface area contributed by atoms with Gasteiger partial charge < -0.3 is 16.0 Å². The summed E-state index contributed by atoms with van der Waals surface area (Å²) in [6.45, 7) is 0.804. The zero-order valence-electron chi connectivity index (χ0n) is 10.8. The van der Waals surface area contributed by atoms with Crippen molar-refractivity contribution in [2.24, 2.45) is 11.1 Å². The second-order valence-electron chi connectivity index (χ2n) is 4.99. The number of rotatable bonds is 5. The van der Waals surface area contributed by atoms with Gasteiger partial charge in [-0.05, 0) is 12.8 Å². The maximum atomic E-state index is 12.0. The molecule has 17 heavy (non-hydrogen) atoms. The highest BCUT2D eigenvalue weighted by atomic mass is 16.2. The molecule has 0 aromatic heterocycles. The third kappa shape index (κ3) is 3.43. The smallest absolute Gasteiger partial charge is 0.227 e. The van der Waals surface area contributed by atoms with Crippen LogP contribution in [0.25, 0.3) is 0 Å². The van der Waals surface area contributed by atoms with Gasteiger partial charge in [-0.2, -0.15) is 0 Å². The van der Waals surface area contributed by atoms with Crippen molar-refractivity contribution in [1.82, 2.24) is 10.2 Å². The molecule has 1 fully saturated rings. The van der Waals surface area contributed by atoms with E-state index in [9.17, 15) is 9.59 Å². The molecule has 3 N–H and O–H groups in total. The summed E-state index contributed by atoms with van der Waals surface area (Å²) in [6.07, 6.45) is 4.23. The molecule has 0 bridgehead atoms. The Hall–Kier alpha value is -1.10. The molecule has 1 rings (SSSR count). The van der Waals surface area contributed by atoms with Crippen LogP contribution in [-0.2, 0) is 9.59 Å². The van der Waals surface area contributed by atoms with E-state index in [-0.39, 0.29) is 17.2 Å². The number of amides is 2. The van der Waals surface area contributed by atoms with Crippen LogP contribution in [0.15, 0.2) is 0 Å². The highest BCUT2D eigenvalue weighted by Gasteiger charge is 2.39. The van der Waals surface area contributed by atoms with Crippen molar-refractivity contribution in [1.29, 1.82) is 0 Å². The number of nitrogens with zero attached hydrogens (tertiary/aromatic N) is 1. The molecule has 98 valence electrons. The maximum Gasteiger partial charge on any atom is 0.227 e. The van der Waals surface area contributed by atoms with Crippen LogP contribution in [0.1, 0.15) is 32.1 Å². The normalized spacial score (nSPS) is 17.8. The Kier molecular flexibility index (Phi) is 4.93. The van der Waals surface area contributed by atoms with Crippen molar-refractivity contribution in [2.75, 3.05) is 27.2 Å². The number of carbonyl (C=O) groups excluding carboxylic acids is 2. The van der Waals surface area contributed by atoms with Gasteiger partial charge in [-0.3, -0.25) is 9.59 Å². The van der Waals surface area contributed by atoms with Crippen molar-refractivity contribution in [3.63, 3.8) is 0 Å². The highest BCUT2D eigenvalue weighted by Crippen LogP contribution is 2.37. The first-order chi connectivity index (χ1) is 8.02. The minimum atomic E-state index is -0.374. The lowest BCUT2D eigenvalue weighted by atomic mass is 9.85. The van der Waals surface area contributed by atoms with Crippen LogP contribution in [0.2, 0.25) is 0 Å². The van der Waals surface area contributed by atoms with Gasteiger partial charge in [-0.1, -0.05) is 12.8 Å². The van der Waals surface area contributed by atoms with Crippen molar-refractivity contribution >= 4 is 11.8 Å². The van der Waals surface area contributed by atoms with E-state index in [0.29, 0.717) is 19.5 Å². The molecule has 5 nitrogen and oxygen atoms in total. The van der Waals surface area contributed by atoms with Gasteiger partial charge in [-0.25, -0.2) is 0 Å². The molecule has 1 saturated carbocycles. The van der Waals surface area contributed by atoms with Crippen LogP contribution in [-0.4, -0.2) is 43.9 Å². The molecule has 0 unspecified atom stereocenters. The first-order valence-electron chi connectivity index (χ1n) is 6.20. The van der Waals surface area contributed by atoms with Gasteiger partial charge in [0.1, 0.15) is 0 Å². The summed E-state index contributed by atoms with van der Waals surface area (Å²) in [4.78, 5) is 24.9. The summed E-state index contributed by atoms with van der Waals surface area (Å²) in [6, 6.07) is 0. The number of hydrogen-bond acceptors (Lipinski definition) is 3. The number of carbonyl (C=O) groups is 2. The largest absolute Gasteiger partial charge is 0.355 e. The van der Waals surface area contributed by atoms with Crippen molar-refractivity contribution < 1.29 is 9.59 Å². The topological polar surface area (TPSA) is 75.4 Å². The number of nitrogens with two attached hydrogens (primary N) is 1. The summed E-state index contributed by atoms with van der Waals surface area (Å²) in [7, 11) is 3.42. The van der Waals surface area contributed by atoms with Gasteiger partial charge in [0.25, 0.3) is 0 Å². The zero-order chi connectivity index (χ0) is 12.9. The van der Waals surface area contributed by atoms with Crippen LogP contribution in [0.3, 0.4) is 0 Å². The Balaban J connectivity index is 2.36. The monoisotopic (exact) mass is 241 g/mol. The Morgan fingerprint density at radius 1 is 1.29 bits per heavy atom. The minimum absolute atomic E-state index is 0.0176. The van der Waals surface area contributed by atoms with E-state index in [1.807, 2.05) is 0 Å². The fourth-order valence-electron chi connectivity index (χ4n) is 2.27. The standard InChI is InChI=1S/C12H23N3O2/c1-15(2)10(16)5-8-14-11(17)12(9-13)6-3-4-7-12/h3-9,13H2,1-2H3,(H,14,17). The van der Waals surface area contributed by atoms with Crippen LogP contribution in [0.4, 0.5) is 0 Å². The fourth-order valence-corrected chi connectivity index (χ4v) is 2.27. The summed E-state index contributed by atoms with van der Waals surface area (Å²) in [5.74, 6) is 0.0441. The molecule has 2 amide bonds. The van der Waals surface area contributed by atoms with Crippen LogP contribution in [0, 0.1) is 5.41 Å². The van der Waals surface area contributed by atoms with Gasteiger partial charge in [0.05, 0.1) is 5.41 Å². The van der Waals surface area contributed by atoms with E-state index < -0.39 is 0 Å². The fraction of sp³-hybridized carbons (Fsp3) is 0.833. The molecule has 5 heteroatoms. The van der Waals surface area contributed by atoms with Crippen molar-refractivity contribution in [3.05, 3.63) is 0 Å². The number of nitrogens with one attached hydrogen (secondary N) is 1. The first kappa shape index (κ1) is 14.0. The van der Waals surface area contributed by atoms with E-state index in [1.54, 1.807) is 14.1 Å². The van der Waals surface area contributed by atoms with Gasteiger partial charge in [-0.15, -0.1) is 0 Å². The second kappa shape index (κ2) is 6.00. The molecule has 1 aliphatic carbocycles. The summed E-state index contributed by atoms with van der Waals surface area (Å²) < 4.78 is 0. The lowest BCUT2D eigenvalue weighted by Gasteiger charge is -2.25. The lowest BCUT2D eigenvalue weighted by molar-refractivity contribution is -0.131. The zero-order valence-corrected chi connectivity index (χ0v) is 10.8. The third-order valence-corrected chi connectivity index (χ3v) is 3.56. The van der Waals surface area contributed by atoms with Gasteiger partial charge in [0.2, 0.25) is 11.8 Å². The maximum absolute atomic E-state index is 12.0. The van der Waals surface area contributed by atoms with Gasteiger partial charge in [0.15, 0.2) is 0 Å². The van der Waals surface area contributed by atoms with Crippen LogP contribution >= 0.6 is 0 Å². The Morgan fingerprint density at radius 3 is 2.35 bits per heavy atom. The first-order valence-corrected chi connectivity index (χ1v) is 6.20. The van der Waals surface area contributed by atoms with E-state index in [1.165, 1.54) is 4.90 Å². The molecule has 0 heterocycles. The average Bonchev–Trinajstić information content (AvgIpc) is 2.78. The third-order valence-electron chi connectivity index (χ3n) is 3.56. The van der Waals surface area contributed by atoms with E-state index in [2.05, 4.69) is 5.32 Å². The van der Waals surface area contributed by atoms with Crippen LogP contribution in [0.5, 0.6) is 0 Å². The van der Waals surface area contributed by atoms with Crippen molar-refractivity contribution in [2.45, 2.75) is 32.1 Å². The molecule has 0 saturated heterocycles. The molecule has 0 aromatic carbocycles. The molecule has 0 spiro atoms. The SMILES string of the molecule is CN(C)C(=O)CCNC(=O)C1(CN)CCCC1. The molecule has 0 aliphatic heterocycles. The second-order valence-corrected chi connectivity index (χ2v) is 4.99. The molecule has 0 radical (unpaired) electrons. The van der Waals surface area contributed by atoms with Gasteiger partial charge >= 0.3 is 0 Å². The average molecular weight is 241 g/mol. The van der Waals surface area contributed by atoms with E-state index in [0.717, 1.165) is 25.7 Å². The summed E-state index contributed by atoms with van der Waals surface area (Å²) in [5.41, 5.74) is 5.34. The van der Waals surface area contributed by atoms with E-state index >= 15 is 0 Å². The van der Waals surface area contributed by atoms with Crippen LogP contribution < -0.4 is 11.1 Å². The number of hydrogen-bond donors (Lipinski definition) is 2. The predicted molar refractivity (Wildman–Crippen MR) is 66.3 cm³/mol. The van der Waals surface area contributed by atoms with Gasteiger partial charge in [0, 0.05) is 33.6 Å². The Morgan fingerprint density at radius 2 is 1.88 bits per heavy atom. The molecular formula is C12H23N3O2. The Bertz CT molecular complexity index is 283. The molecule has 0 atom stereocenters. The lowest BCUT2D eigenvalue weighted by Crippen LogP contribution is -2.45. The molecule has 0 aromatic rings. The van der Waals surface area contributed by atoms with E-state index in [4.69, 9.17) is 5.73 Å².